The van der Waals surface area contributed by atoms with Crippen molar-refractivity contribution in [3.63, 3.8) is 0 Å². The summed E-state index contributed by atoms with van der Waals surface area (Å²) in [5.74, 6) is -0.701. The molecule has 0 saturated heterocycles. The maximum Gasteiger partial charge on any atom is 0.417 e. The number of anilines is 1. The summed E-state index contributed by atoms with van der Waals surface area (Å²) in [5.41, 5.74) is -1.77. The lowest BCUT2D eigenvalue weighted by atomic mass is 9.82. The van der Waals surface area contributed by atoms with Gasteiger partial charge >= 0.3 is 12.1 Å². The Labute approximate surface area is 115 Å². The Morgan fingerprint density at radius 3 is 2.25 bits per heavy atom. The number of halogens is 3. The fourth-order valence-corrected chi connectivity index (χ4v) is 1.80. The third-order valence-electron chi connectivity index (χ3n) is 3.51. The molecule has 0 atom stereocenters. The Bertz CT molecular complexity index is 454. The molecular formula is C13H17F3N2O2. The number of aromatic nitrogens is 1. The smallest absolute Gasteiger partial charge is 0.417 e. The summed E-state index contributed by atoms with van der Waals surface area (Å²) in [4.78, 5) is 14.9. The van der Waals surface area contributed by atoms with Gasteiger partial charge in [-0.2, -0.15) is 13.2 Å². The highest BCUT2D eigenvalue weighted by Crippen LogP contribution is 2.30. The van der Waals surface area contributed by atoms with E-state index >= 15 is 0 Å². The first-order chi connectivity index (χ1) is 9.25. The van der Waals surface area contributed by atoms with E-state index in [1.54, 1.807) is 13.8 Å². The first-order valence-corrected chi connectivity index (χ1v) is 6.25. The fourth-order valence-electron chi connectivity index (χ4n) is 1.80. The van der Waals surface area contributed by atoms with Crippen LogP contribution in [-0.2, 0) is 11.0 Å². The summed E-state index contributed by atoms with van der Waals surface area (Å²) in [5, 5.41) is 12.0. The highest BCUT2D eigenvalue weighted by molar-refractivity contribution is 5.75. The molecular weight excluding hydrogens is 273 g/mol. The first-order valence-electron chi connectivity index (χ1n) is 6.25. The molecule has 0 unspecified atom stereocenters. The van der Waals surface area contributed by atoms with Crippen molar-refractivity contribution < 1.29 is 23.1 Å². The Hall–Kier alpha value is -1.79. The number of carboxylic acids is 1. The number of hydrogen-bond donors (Lipinski definition) is 2. The standard InChI is InChI=1S/C13H17F3N2O2/c1-3-12(4-2,11(19)20)8-18-10-6-5-9(7-17-10)13(14,15)16/h5-7H,3-4,8H2,1-2H3,(H,17,18)(H,19,20). The van der Waals surface area contributed by atoms with Crippen molar-refractivity contribution in [2.24, 2.45) is 5.41 Å². The zero-order chi connectivity index (χ0) is 15.4. The minimum Gasteiger partial charge on any atom is -0.481 e. The van der Waals surface area contributed by atoms with E-state index in [4.69, 9.17) is 0 Å². The fraction of sp³-hybridized carbons (Fsp3) is 0.538. The molecule has 0 aliphatic rings. The molecule has 20 heavy (non-hydrogen) atoms. The number of alkyl halides is 3. The molecule has 1 aromatic heterocycles. The normalized spacial score (nSPS) is 12.2. The molecule has 1 rings (SSSR count). The van der Waals surface area contributed by atoms with Gasteiger partial charge in [-0.25, -0.2) is 4.98 Å². The average molecular weight is 290 g/mol. The predicted molar refractivity (Wildman–Crippen MR) is 68.4 cm³/mol. The number of pyridine rings is 1. The van der Waals surface area contributed by atoms with Crippen LogP contribution in [0, 0.1) is 5.41 Å². The van der Waals surface area contributed by atoms with Crippen molar-refractivity contribution in [2.45, 2.75) is 32.9 Å². The van der Waals surface area contributed by atoms with Gasteiger partial charge in [0.1, 0.15) is 5.82 Å². The number of aliphatic carboxylic acids is 1. The van der Waals surface area contributed by atoms with Gasteiger partial charge in [-0.1, -0.05) is 13.8 Å². The molecule has 2 N–H and O–H groups in total. The predicted octanol–water partition coefficient (Wildman–Crippen LogP) is 3.40. The van der Waals surface area contributed by atoms with E-state index in [0.717, 1.165) is 12.3 Å². The molecule has 0 aliphatic carbocycles. The van der Waals surface area contributed by atoms with Crippen molar-refractivity contribution in [3.8, 4) is 0 Å². The molecule has 0 bridgehead atoms. The summed E-state index contributed by atoms with van der Waals surface area (Å²) in [6.45, 7) is 3.65. The molecule has 0 aromatic carbocycles. The third kappa shape index (κ3) is 3.61. The first kappa shape index (κ1) is 16.3. The van der Waals surface area contributed by atoms with Crippen LogP contribution >= 0.6 is 0 Å². The quantitative estimate of drug-likeness (QED) is 0.843. The van der Waals surface area contributed by atoms with Crippen molar-refractivity contribution in [1.82, 2.24) is 4.98 Å². The summed E-state index contributed by atoms with van der Waals surface area (Å²) < 4.78 is 37.1. The lowest BCUT2D eigenvalue weighted by Crippen LogP contribution is -2.37. The lowest BCUT2D eigenvalue weighted by molar-refractivity contribution is -0.148. The Kier molecular flexibility index (Phi) is 4.97. The largest absolute Gasteiger partial charge is 0.481 e. The van der Waals surface area contributed by atoms with Crippen molar-refractivity contribution >= 4 is 11.8 Å². The van der Waals surface area contributed by atoms with Gasteiger partial charge in [-0.05, 0) is 25.0 Å². The molecule has 1 aromatic rings. The molecule has 1 heterocycles. The second-order valence-corrected chi connectivity index (χ2v) is 4.58. The van der Waals surface area contributed by atoms with Gasteiger partial charge in [0.2, 0.25) is 0 Å². The van der Waals surface area contributed by atoms with E-state index < -0.39 is 23.1 Å². The average Bonchev–Trinajstić information content (AvgIpc) is 2.39. The van der Waals surface area contributed by atoms with Crippen LogP contribution < -0.4 is 5.32 Å². The van der Waals surface area contributed by atoms with Gasteiger partial charge in [-0.15, -0.1) is 0 Å². The van der Waals surface area contributed by atoms with Crippen molar-refractivity contribution in [1.29, 1.82) is 0 Å². The molecule has 0 saturated carbocycles. The molecule has 4 nitrogen and oxygen atoms in total. The van der Waals surface area contributed by atoms with E-state index in [-0.39, 0.29) is 12.4 Å². The van der Waals surface area contributed by atoms with Gasteiger partial charge in [0, 0.05) is 12.7 Å². The van der Waals surface area contributed by atoms with Crippen molar-refractivity contribution in [2.75, 3.05) is 11.9 Å². The zero-order valence-corrected chi connectivity index (χ0v) is 11.3. The summed E-state index contributed by atoms with van der Waals surface area (Å²) >= 11 is 0. The van der Waals surface area contributed by atoms with Gasteiger partial charge in [0.15, 0.2) is 0 Å². The molecule has 0 amide bonds. The van der Waals surface area contributed by atoms with Crippen LogP contribution in [0.2, 0.25) is 0 Å². The number of carboxylic acid groups (broad SMARTS) is 1. The maximum atomic E-state index is 12.4. The lowest BCUT2D eigenvalue weighted by Gasteiger charge is -2.27. The van der Waals surface area contributed by atoms with Gasteiger partial charge in [0.05, 0.1) is 11.0 Å². The zero-order valence-electron chi connectivity index (χ0n) is 11.3. The third-order valence-corrected chi connectivity index (χ3v) is 3.51. The number of hydrogen-bond acceptors (Lipinski definition) is 3. The van der Waals surface area contributed by atoms with Crippen LogP contribution in [0.3, 0.4) is 0 Å². The maximum absolute atomic E-state index is 12.4. The monoisotopic (exact) mass is 290 g/mol. The van der Waals surface area contributed by atoms with Crippen LogP contribution in [0.25, 0.3) is 0 Å². The van der Waals surface area contributed by atoms with E-state index in [1.165, 1.54) is 6.07 Å². The Balaban J connectivity index is 2.77. The minimum absolute atomic E-state index is 0.119. The molecule has 112 valence electrons. The minimum atomic E-state index is -4.43. The molecule has 0 aliphatic heterocycles. The molecule has 0 spiro atoms. The van der Waals surface area contributed by atoms with E-state index in [2.05, 4.69) is 10.3 Å². The van der Waals surface area contributed by atoms with Gasteiger partial charge < -0.3 is 10.4 Å². The number of rotatable bonds is 6. The van der Waals surface area contributed by atoms with Crippen LogP contribution in [-0.4, -0.2) is 22.6 Å². The topological polar surface area (TPSA) is 62.2 Å². The number of nitrogens with zero attached hydrogens (tertiary/aromatic N) is 1. The van der Waals surface area contributed by atoms with Crippen LogP contribution in [0.15, 0.2) is 18.3 Å². The number of nitrogens with one attached hydrogen (secondary N) is 1. The molecule has 0 fully saturated rings. The second-order valence-electron chi connectivity index (χ2n) is 4.58. The SMILES string of the molecule is CCC(CC)(CNc1ccc(C(F)(F)F)cn1)C(=O)O. The van der Waals surface area contributed by atoms with Crippen LogP contribution in [0.5, 0.6) is 0 Å². The van der Waals surface area contributed by atoms with Crippen LogP contribution in [0.4, 0.5) is 19.0 Å². The molecule has 0 radical (unpaired) electrons. The van der Waals surface area contributed by atoms with E-state index in [0.29, 0.717) is 12.8 Å². The van der Waals surface area contributed by atoms with Gasteiger partial charge in [-0.3, -0.25) is 4.79 Å². The highest BCUT2D eigenvalue weighted by atomic mass is 19.4. The Morgan fingerprint density at radius 2 is 1.90 bits per heavy atom. The number of carbonyl (C=O) groups is 1. The summed E-state index contributed by atoms with van der Waals surface area (Å²) in [7, 11) is 0. The highest BCUT2D eigenvalue weighted by Gasteiger charge is 2.35. The van der Waals surface area contributed by atoms with Crippen molar-refractivity contribution in [3.05, 3.63) is 23.9 Å². The molecule has 7 heteroatoms. The van der Waals surface area contributed by atoms with E-state index in [9.17, 15) is 23.1 Å². The Morgan fingerprint density at radius 1 is 1.30 bits per heavy atom. The summed E-state index contributed by atoms with van der Waals surface area (Å²) in [6, 6.07) is 2.11. The van der Waals surface area contributed by atoms with E-state index in [1.807, 2.05) is 0 Å². The summed E-state index contributed by atoms with van der Waals surface area (Å²) in [6.07, 6.45) is -2.86. The van der Waals surface area contributed by atoms with Crippen LogP contribution in [0.1, 0.15) is 32.3 Å². The second kappa shape index (κ2) is 6.11. The van der Waals surface area contributed by atoms with Gasteiger partial charge in [0.25, 0.3) is 0 Å².